The fraction of sp³-hybridized carbons (Fsp3) is 1.00. The van der Waals surface area contributed by atoms with Crippen LogP contribution in [-0.4, -0.2) is 27.8 Å². The van der Waals surface area contributed by atoms with E-state index in [1.165, 1.54) is 32.1 Å². The Kier molecular flexibility index (Phi) is 5.44. The topological polar surface area (TPSA) is 46.2 Å². The van der Waals surface area contributed by atoms with Crippen LogP contribution < -0.4 is 5.73 Å². The fourth-order valence-electron chi connectivity index (χ4n) is 2.30. The van der Waals surface area contributed by atoms with Crippen molar-refractivity contribution in [1.82, 2.24) is 0 Å². The van der Waals surface area contributed by atoms with Gasteiger partial charge in [0.2, 0.25) is 0 Å². The van der Waals surface area contributed by atoms with E-state index in [1.807, 2.05) is 6.92 Å². The van der Waals surface area contributed by atoms with Crippen molar-refractivity contribution in [1.29, 1.82) is 0 Å². The Morgan fingerprint density at radius 1 is 1.40 bits per heavy atom. The fourth-order valence-corrected chi connectivity index (χ4v) is 4.04. The van der Waals surface area contributed by atoms with E-state index in [1.54, 1.807) is 0 Å². The van der Waals surface area contributed by atoms with E-state index in [9.17, 15) is 0 Å². The van der Waals surface area contributed by atoms with Gasteiger partial charge in [0.1, 0.15) is 0 Å². The highest BCUT2D eigenvalue weighted by molar-refractivity contribution is 8.00. The van der Waals surface area contributed by atoms with E-state index in [4.69, 9.17) is 10.8 Å². The molecule has 1 rings (SSSR count). The zero-order valence-corrected chi connectivity index (χ0v) is 10.9. The molecule has 0 aromatic carbocycles. The van der Waals surface area contributed by atoms with Crippen LogP contribution in [0.25, 0.3) is 0 Å². The molecule has 0 saturated heterocycles. The summed E-state index contributed by atoms with van der Waals surface area (Å²) in [6.45, 7) is 4.26. The number of hydrogen-bond donors (Lipinski definition) is 2. The second-order valence-corrected chi connectivity index (χ2v) is 6.97. The average molecular weight is 231 g/mol. The van der Waals surface area contributed by atoms with Gasteiger partial charge >= 0.3 is 0 Å². The quantitative estimate of drug-likeness (QED) is 0.764. The van der Waals surface area contributed by atoms with Gasteiger partial charge in [0.25, 0.3) is 0 Å². The first kappa shape index (κ1) is 13.3. The molecule has 1 aliphatic rings. The van der Waals surface area contributed by atoms with E-state index in [-0.39, 0.29) is 6.61 Å². The first-order valence-electron chi connectivity index (χ1n) is 6.09. The largest absolute Gasteiger partial charge is 0.394 e. The number of aliphatic hydroxyl groups is 1. The lowest BCUT2D eigenvalue weighted by Gasteiger charge is -2.29. The van der Waals surface area contributed by atoms with Gasteiger partial charge in [-0.25, -0.2) is 0 Å². The maximum Gasteiger partial charge on any atom is 0.0608 e. The second-order valence-electron chi connectivity index (χ2n) is 5.22. The van der Waals surface area contributed by atoms with Gasteiger partial charge < -0.3 is 10.8 Å². The highest BCUT2D eigenvalue weighted by Crippen LogP contribution is 2.33. The molecule has 15 heavy (non-hydrogen) atoms. The van der Waals surface area contributed by atoms with Crippen molar-refractivity contribution in [2.45, 2.75) is 68.4 Å². The molecule has 0 heterocycles. The van der Waals surface area contributed by atoms with Crippen LogP contribution >= 0.6 is 11.8 Å². The Morgan fingerprint density at radius 2 is 2.00 bits per heavy atom. The lowest BCUT2D eigenvalue weighted by Crippen LogP contribution is -2.42. The Hall–Kier alpha value is 0.270. The number of hydrogen-bond acceptors (Lipinski definition) is 3. The summed E-state index contributed by atoms with van der Waals surface area (Å²) in [7, 11) is 0. The van der Waals surface area contributed by atoms with Gasteiger partial charge in [-0.05, 0) is 26.2 Å². The van der Waals surface area contributed by atoms with Gasteiger partial charge in [-0.2, -0.15) is 11.8 Å². The molecule has 0 spiro atoms. The summed E-state index contributed by atoms with van der Waals surface area (Å²) >= 11 is 2.07. The number of thioether (sulfide) groups is 1. The molecule has 0 amide bonds. The van der Waals surface area contributed by atoms with E-state index in [0.29, 0.717) is 5.25 Å². The summed E-state index contributed by atoms with van der Waals surface area (Å²) in [5, 5.41) is 10.5. The van der Waals surface area contributed by atoms with Crippen LogP contribution in [0.1, 0.15) is 52.4 Å². The summed E-state index contributed by atoms with van der Waals surface area (Å²) in [4.78, 5) is 0. The summed E-state index contributed by atoms with van der Waals surface area (Å²) in [5.74, 6) is 0. The van der Waals surface area contributed by atoms with Crippen LogP contribution in [0.15, 0.2) is 0 Å². The lowest BCUT2D eigenvalue weighted by molar-refractivity contribution is 0.201. The third kappa shape index (κ3) is 5.23. The minimum Gasteiger partial charge on any atom is -0.394 e. The maximum absolute atomic E-state index is 9.11. The van der Waals surface area contributed by atoms with Gasteiger partial charge in [-0.3, -0.25) is 0 Å². The van der Waals surface area contributed by atoms with E-state index >= 15 is 0 Å². The molecule has 2 nitrogen and oxygen atoms in total. The molecule has 0 aliphatic heterocycles. The smallest absolute Gasteiger partial charge is 0.0608 e. The molecule has 1 aliphatic carbocycles. The normalized spacial score (nSPS) is 24.8. The SMILES string of the molecule is CC(CC(C)(N)CO)SC1CCCCC1. The number of nitrogens with two attached hydrogens (primary N) is 1. The number of rotatable bonds is 5. The average Bonchev–Trinajstić information content (AvgIpc) is 2.18. The van der Waals surface area contributed by atoms with Crippen LogP contribution in [0.2, 0.25) is 0 Å². The third-order valence-electron chi connectivity index (χ3n) is 3.09. The predicted molar refractivity (Wildman–Crippen MR) is 68.2 cm³/mol. The summed E-state index contributed by atoms with van der Waals surface area (Å²) in [5.41, 5.74) is 5.56. The molecular formula is C12H25NOS. The van der Waals surface area contributed by atoms with Crippen LogP contribution in [0.5, 0.6) is 0 Å². The zero-order chi connectivity index (χ0) is 11.3. The Balaban J connectivity index is 2.25. The molecular weight excluding hydrogens is 206 g/mol. The molecule has 0 aromatic heterocycles. The predicted octanol–water partition coefficient (Wildman–Crippen LogP) is 2.54. The second kappa shape index (κ2) is 6.12. The first-order valence-corrected chi connectivity index (χ1v) is 7.03. The Morgan fingerprint density at radius 3 is 2.53 bits per heavy atom. The van der Waals surface area contributed by atoms with Gasteiger partial charge in [-0.15, -0.1) is 0 Å². The molecule has 0 aromatic rings. The van der Waals surface area contributed by atoms with Gasteiger partial charge in [0.15, 0.2) is 0 Å². The first-order chi connectivity index (χ1) is 7.03. The van der Waals surface area contributed by atoms with Crippen molar-refractivity contribution < 1.29 is 5.11 Å². The van der Waals surface area contributed by atoms with Crippen LogP contribution in [-0.2, 0) is 0 Å². The highest BCUT2D eigenvalue weighted by atomic mass is 32.2. The van der Waals surface area contributed by atoms with Gasteiger partial charge in [0, 0.05) is 16.0 Å². The third-order valence-corrected chi connectivity index (χ3v) is 4.58. The molecule has 1 fully saturated rings. The van der Waals surface area contributed by atoms with Crippen LogP contribution in [0, 0.1) is 0 Å². The number of aliphatic hydroxyl groups excluding tert-OH is 1. The standard InChI is InChI=1S/C12H25NOS/c1-10(8-12(2,13)9-14)15-11-6-4-3-5-7-11/h10-11,14H,3-9,13H2,1-2H3. The minimum atomic E-state index is -0.402. The summed E-state index contributed by atoms with van der Waals surface area (Å²) in [6, 6.07) is 0. The molecule has 90 valence electrons. The molecule has 2 atom stereocenters. The molecule has 1 saturated carbocycles. The molecule has 3 heteroatoms. The molecule has 0 bridgehead atoms. The van der Waals surface area contributed by atoms with Crippen molar-refractivity contribution in [3.8, 4) is 0 Å². The summed E-state index contributed by atoms with van der Waals surface area (Å²) in [6.07, 6.45) is 7.85. The molecule has 0 radical (unpaired) electrons. The lowest BCUT2D eigenvalue weighted by atomic mass is 9.99. The maximum atomic E-state index is 9.11. The van der Waals surface area contributed by atoms with Crippen molar-refractivity contribution >= 4 is 11.8 Å². The zero-order valence-electron chi connectivity index (χ0n) is 10.0. The van der Waals surface area contributed by atoms with E-state index in [0.717, 1.165) is 11.7 Å². The Labute approximate surface area is 98.0 Å². The monoisotopic (exact) mass is 231 g/mol. The Bertz CT molecular complexity index is 178. The van der Waals surface area contributed by atoms with Crippen LogP contribution in [0.4, 0.5) is 0 Å². The van der Waals surface area contributed by atoms with Crippen molar-refractivity contribution in [3.05, 3.63) is 0 Å². The minimum absolute atomic E-state index is 0.0859. The molecule has 2 unspecified atom stereocenters. The summed E-state index contributed by atoms with van der Waals surface area (Å²) < 4.78 is 0. The van der Waals surface area contributed by atoms with E-state index in [2.05, 4.69) is 18.7 Å². The van der Waals surface area contributed by atoms with Crippen LogP contribution in [0.3, 0.4) is 0 Å². The van der Waals surface area contributed by atoms with Gasteiger partial charge in [0.05, 0.1) is 6.61 Å². The molecule has 3 N–H and O–H groups in total. The van der Waals surface area contributed by atoms with Gasteiger partial charge in [-0.1, -0.05) is 26.2 Å². The van der Waals surface area contributed by atoms with Crippen molar-refractivity contribution in [3.63, 3.8) is 0 Å². The van der Waals surface area contributed by atoms with Crippen molar-refractivity contribution in [2.24, 2.45) is 5.73 Å². The highest BCUT2D eigenvalue weighted by Gasteiger charge is 2.23. The van der Waals surface area contributed by atoms with Crippen molar-refractivity contribution in [2.75, 3.05) is 6.61 Å². The van der Waals surface area contributed by atoms with E-state index < -0.39 is 5.54 Å².